The molecule has 1 spiro atoms. The first-order chi connectivity index (χ1) is 15.2. The van der Waals surface area contributed by atoms with E-state index in [0.29, 0.717) is 60.0 Å². The molecule has 1 saturated heterocycles. The second-order valence-electron chi connectivity index (χ2n) is 9.10. The maximum atomic E-state index is 13.0. The van der Waals surface area contributed by atoms with Gasteiger partial charge in [-0.1, -0.05) is 16.8 Å². The fourth-order valence-electron chi connectivity index (χ4n) is 4.78. The van der Waals surface area contributed by atoms with E-state index in [1.165, 1.54) is 0 Å². The summed E-state index contributed by atoms with van der Waals surface area (Å²) in [5, 5.41) is 5.58. The second kappa shape index (κ2) is 7.62. The Balaban J connectivity index is 1.29. The Hall–Kier alpha value is -2.86. The fourth-order valence-corrected chi connectivity index (χ4v) is 5.05. The summed E-state index contributed by atoms with van der Waals surface area (Å²) in [7, 11) is 0. The van der Waals surface area contributed by atoms with Crippen molar-refractivity contribution in [2.75, 3.05) is 13.1 Å². The first-order valence-corrected chi connectivity index (χ1v) is 11.3. The SMILES string of the molecule is Cc1cc2onc(CC(=O)N3CCC4(CC3)CC(=O)c3cc(Cl)cc(C)c3O4)c2cc1C. The number of aromatic nitrogens is 1. The largest absolute Gasteiger partial charge is 0.486 e. The molecule has 5 rings (SSSR count). The number of ketones is 1. The van der Waals surface area contributed by atoms with Gasteiger partial charge in [0.05, 0.1) is 18.4 Å². The van der Waals surface area contributed by atoms with E-state index < -0.39 is 5.60 Å². The van der Waals surface area contributed by atoms with Crippen LogP contribution in [0, 0.1) is 20.8 Å². The zero-order valence-electron chi connectivity index (χ0n) is 18.5. The third kappa shape index (κ3) is 3.56. The van der Waals surface area contributed by atoms with Crippen molar-refractivity contribution in [2.24, 2.45) is 0 Å². The van der Waals surface area contributed by atoms with Gasteiger partial charge in [0.15, 0.2) is 11.4 Å². The van der Waals surface area contributed by atoms with Gasteiger partial charge in [0.1, 0.15) is 17.0 Å². The molecule has 2 aliphatic heterocycles. The molecule has 0 bridgehead atoms. The number of rotatable bonds is 2. The lowest BCUT2D eigenvalue weighted by Crippen LogP contribution is -2.52. The number of likely N-dealkylation sites (tertiary alicyclic amines) is 1. The Morgan fingerprint density at radius 3 is 2.56 bits per heavy atom. The number of halogens is 1. The van der Waals surface area contributed by atoms with Crippen LogP contribution >= 0.6 is 11.6 Å². The zero-order valence-corrected chi connectivity index (χ0v) is 19.2. The molecule has 0 saturated carbocycles. The van der Waals surface area contributed by atoms with E-state index in [9.17, 15) is 9.59 Å². The van der Waals surface area contributed by atoms with Gasteiger partial charge in [0, 0.05) is 36.3 Å². The van der Waals surface area contributed by atoms with Crippen molar-refractivity contribution in [3.63, 3.8) is 0 Å². The minimum Gasteiger partial charge on any atom is -0.486 e. The summed E-state index contributed by atoms with van der Waals surface area (Å²) in [6, 6.07) is 7.49. The Kier molecular flexibility index (Phi) is 5.01. The molecule has 166 valence electrons. The van der Waals surface area contributed by atoms with Gasteiger partial charge in [0.2, 0.25) is 5.91 Å². The van der Waals surface area contributed by atoms with Crippen molar-refractivity contribution in [1.82, 2.24) is 10.1 Å². The van der Waals surface area contributed by atoms with Crippen LogP contribution in [-0.2, 0) is 11.2 Å². The standard InChI is InChI=1S/C25H25ClN2O4/c1-14-9-18-20(27-32-22(18)10-15(14)2)12-23(30)28-6-4-25(5-7-28)13-21(29)19-11-17(26)8-16(3)24(19)31-25/h8-11H,4-7,12-13H2,1-3H3. The minimum absolute atomic E-state index is 0.0128. The third-order valence-corrected chi connectivity index (χ3v) is 7.07. The number of hydrogen-bond donors (Lipinski definition) is 0. The number of benzene rings is 2. The van der Waals surface area contributed by atoms with E-state index in [2.05, 4.69) is 5.16 Å². The van der Waals surface area contributed by atoms with Crippen LogP contribution in [0.25, 0.3) is 11.0 Å². The number of piperidine rings is 1. The normalized spacial score (nSPS) is 17.5. The van der Waals surface area contributed by atoms with Crippen LogP contribution in [0.4, 0.5) is 0 Å². The van der Waals surface area contributed by atoms with E-state index in [1.807, 2.05) is 43.9 Å². The maximum Gasteiger partial charge on any atom is 0.228 e. The summed E-state index contributed by atoms with van der Waals surface area (Å²) in [6.45, 7) is 7.06. The van der Waals surface area contributed by atoms with Crippen molar-refractivity contribution in [2.45, 2.75) is 52.1 Å². The number of carbonyl (C=O) groups excluding carboxylic acids is 2. The average Bonchev–Trinajstić information content (AvgIpc) is 3.11. The number of fused-ring (bicyclic) bond motifs is 2. The predicted octanol–water partition coefficient (Wildman–Crippen LogP) is 4.98. The van der Waals surface area contributed by atoms with Crippen molar-refractivity contribution >= 4 is 34.3 Å². The van der Waals surface area contributed by atoms with Crippen LogP contribution in [0.1, 0.15) is 52.0 Å². The van der Waals surface area contributed by atoms with E-state index >= 15 is 0 Å². The molecule has 0 aliphatic carbocycles. The number of amides is 1. The number of aryl methyl sites for hydroxylation is 3. The Bertz CT molecular complexity index is 1250. The third-order valence-electron chi connectivity index (χ3n) is 6.85. The summed E-state index contributed by atoms with van der Waals surface area (Å²) < 4.78 is 11.8. The van der Waals surface area contributed by atoms with Gasteiger partial charge in [-0.05, 0) is 61.7 Å². The van der Waals surface area contributed by atoms with E-state index in [4.69, 9.17) is 20.9 Å². The predicted molar refractivity (Wildman–Crippen MR) is 121 cm³/mol. The lowest BCUT2D eigenvalue weighted by Gasteiger charge is -2.44. The zero-order chi connectivity index (χ0) is 22.6. The van der Waals surface area contributed by atoms with Gasteiger partial charge in [-0.2, -0.15) is 0 Å². The number of ether oxygens (including phenoxy) is 1. The first kappa shape index (κ1) is 21.0. The van der Waals surface area contributed by atoms with Gasteiger partial charge >= 0.3 is 0 Å². The molecule has 2 aromatic carbocycles. The van der Waals surface area contributed by atoms with Gasteiger partial charge in [-0.15, -0.1) is 0 Å². The number of nitrogens with zero attached hydrogens (tertiary/aromatic N) is 2. The summed E-state index contributed by atoms with van der Waals surface area (Å²) in [6.07, 6.45) is 1.74. The van der Waals surface area contributed by atoms with Crippen molar-refractivity contribution < 1.29 is 18.8 Å². The molecule has 7 heteroatoms. The summed E-state index contributed by atoms with van der Waals surface area (Å²) in [5.41, 5.74) is 4.51. The van der Waals surface area contributed by atoms with E-state index in [1.54, 1.807) is 6.07 Å². The van der Waals surface area contributed by atoms with Gasteiger partial charge in [0.25, 0.3) is 0 Å². The highest BCUT2D eigenvalue weighted by Gasteiger charge is 2.44. The molecular formula is C25H25ClN2O4. The smallest absolute Gasteiger partial charge is 0.228 e. The highest BCUT2D eigenvalue weighted by Crippen LogP contribution is 2.42. The molecule has 32 heavy (non-hydrogen) atoms. The van der Waals surface area contributed by atoms with Crippen LogP contribution in [0.5, 0.6) is 5.75 Å². The van der Waals surface area contributed by atoms with E-state index in [0.717, 1.165) is 22.1 Å². The van der Waals surface area contributed by atoms with Crippen LogP contribution in [0.3, 0.4) is 0 Å². The molecule has 3 aromatic rings. The lowest BCUT2D eigenvalue weighted by molar-refractivity contribution is -0.134. The maximum absolute atomic E-state index is 13.0. The lowest BCUT2D eigenvalue weighted by atomic mass is 9.82. The molecule has 2 aliphatic rings. The van der Waals surface area contributed by atoms with Crippen molar-refractivity contribution in [3.05, 3.63) is 57.2 Å². The minimum atomic E-state index is -0.561. The molecule has 0 atom stereocenters. The average molecular weight is 453 g/mol. The van der Waals surface area contributed by atoms with Gasteiger partial charge in [-0.25, -0.2) is 0 Å². The molecule has 0 radical (unpaired) electrons. The second-order valence-corrected chi connectivity index (χ2v) is 9.54. The van der Waals surface area contributed by atoms with Gasteiger partial charge < -0.3 is 14.2 Å². The fraction of sp³-hybridized carbons (Fsp3) is 0.400. The Morgan fingerprint density at radius 2 is 1.81 bits per heavy atom. The highest BCUT2D eigenvalue weighted by atomic mass is 35.5. The molecular weight excluding hydrogens is 428 g/mol. The number of hydrogen-bond acceptors (Lipinski definition) is 5. The summed E-state index contributed by atoms with van der Waals surface area (Å²) >= 11 is 6.13. The van der Waals surface area contributed by atoms with Crippen molar-refractivity contribution in [1.29, 1.82) is 0 Å². The topological polar surface area (TPSA) is 72.6 Å². The van der Waals surface area contributed by atoms with Gasteiger partial charge in [-0.3, -0.25) is 9.59 Å². The molecule has 0 unspecified atom stereocenters. The first-order valence-electron chi connectivity index (χ1n) is 10.9. The van der Waals surface area contributed by atoms with Crippen LogP contribution in [0.2, 0.25) is 5.02 Å². The molecule has 1 aromatic heterocycles. The quantitative estimate of drug-likeness (QED) is 0.548. The van der Waals surface area contributed by atoms with E-state index in [-0.39, 0.29) is 18.1 Å². The highest BCUT2D eigenvalue weighted by molar-refractivity contribution is 6.31. The molecule has 0 N–H and O–H groups in total. The van der Waals surface area contributed by atoms with Crippen LogP contribution in [-0.4, -0.2) is 40.4 Å². The molecule has 6 nitrogen and oxygen atoms in total. The molecule has 3 heterocycles. The van der Waals surface area contributed by atoms with Crippen LogP contribution < -0.4 is 4.74 Å². The summed E-state index contributed by atoms with van der Waals surface area (Å²) in [4.78, 5) is 27.7. The number of carbonyl (C=O) groups is 2. The Morgan fingerprint density at radius 1 is 1.09 bits per heavy atom. The Labute approximate surface area is 191 Å². The summed E-state index contributed by atoms with van der Waals surface area (Å²) in [5.74, 6) is 0.695. The molecule has 1 fully saturated rings. The van der Waals surface area contributed by atoms with Crippen LogP contribution in [0.15, 0.2) is 28.8 Å². The van der Waals surface area contributed by atoms with Crippen molar-refractivity contribution in [3.8, 4) is 5.75 Å². The monoisotopic (exact) mass is 452 g/mol. The molecule has 1 amide bonds. The number of Topliss-reactive ketones (excluding diaryl/α,β-unsaturated/α-hetero) is 1.